The van der Waals surface area contributed by atoms with Gasteiger partial charge in [0.2, 0.25) is 0 Å². The lowest BCUT2D eigenvalue weighted by molar-refractivity contribution is -0.132. The molecule has 5 nitrogen and oxygen atoms in total. The second-order valence-corrected chi connectivity index (χ2v) is 7.11. The van der Waals surface area contributed by atoms with Crippen molar-refractivity contribution in [3.05, 3.63) is 28.3 Å². The second-order valence-electron chi connectivity index (χ2n) is 6.73. The predicted octanol–water partition coefficient (Wildman–Crippen LogP) is 2.26. The molecule has 2 aliphatic rings. The number of nitrogens with zero attached hydrogens (tertiary/aromatic N) is 2. The molecule has 140 valence electrons. The molecular weight excluding hydrogens is 361 g/mol. The molecule has 1 unspecified atom stereocenters. The summed E-state index contributed by atoms with van der Waals surface area (Å²) in [6.07, 6.45) is 1.06. The first kappa shape index (κ1) is 20.3. The summed E-state index contributed by atoms with van der Waals surface area (Å²) in [6.45, 7) is 9.88. The molecule has 25 heavy (non-hydrogen) atoms. The fourth-order valence-electron chi connectivity index (χ4n) is 3.54. The molecule has 1 amide bonds. The van der Waals surface area contributed by atoms with Gasteiger partial charge in [-0.05, 0) is 43.5 Å². The van der Waals surface area contributed by atoms with E-state index in [9.17, 15) is 4.79 Å². The van der Waals surface area contributed by atoms with Gasteiger partial charge in [0.15, 0.2) is 6.61 Å². The number of nitrogens with one attached hydrogen (secondary N) is 1. The molecule has 1 aromatic carbocycles. The van der Waals surface area contributed by atoms with Crippen LogP contribution in [0.2, 0.25) is 5.02 Å². The summed E-state index contributed by atoms with van der Waals surface area (Å²) < 4.78 is 5.70. The summed E-state index contributed by atoms with van der Waals surface area (Å²) in [7, 11) is 0. The first-order chi connectivity index (χ1) is 11.5. The van der Waals surface area contributed by atoms with Crippen LogP contribution in [-0.4, -0.2) is 67.6 Å². The summed E-state index contributed by atoms with van der Waals surface area (Å²) >= 11 is 6.17. The Morgan fingerprint density at radius 3 is 2.52 bits per heavy atom. The number of aryl methyl sites for hydroxylation is 2. The first-order valence-corrected chi connectivity index (χ1v) is 9.04. The van der Waals surface area contributed by atoms with E-state index in [1.807, 2.05) is 30.9 Å². The number of hydrogen-bond donors (Lipinski definition) is 1. The highest BCUT2D eigenvalue weighted by Gasteiger charge is 2.30. The van der Waals surface area contributed by atoms with Crippen LogP contribution in [0, 0.1) is 13.8 Å². The molecule has 7 heteroatoms. The SMILES string of the molecule is Cc1cc(OCC(=O)N2CCC(N3CCNCC3)C2)cc(C)c1Cl.Cl. The molecule has 2 heterocycles. The zero-order valence-electron chi connectivity index (χ0n) is 14.9. The van der Waals surface area contributed by atoms with Gasteiger partial charge in [0, 0.05) is 50.3 Å². The standard InChI is InChI=1S/C18H26ClN3O2.ClH/c1-13-9-16(10-14(2)18(13)19)24-12-17(23)22-6-3-15(11-22)21-7-4-20-5-8-21;/h9-10,15,20H,3-8,11-12H2,1-2H3;1H. The molecule has 2 aliphatic heterocycles. The summed E-state index contributed by atoms with van der Waals surface area (Å²) in [6, 6.07) is 4.27. The molecule has 0 spiro atoms. The normalized spacial score (nSPS) is 21.1. The molecule has 0 bridgehead atoms. The van der Waals surface area contributed by atoms with Crippen molar-refractivity contribution in [2.24, 2.45) is 0 Å². The van der Waals surface area contributed by atoms with Gasteiger partial charge in [0.25, 0.3) is 5.91 Å². The Hall–Kier alpha value is -1.01. The van der Waals surface area contributed by atoms with E-state index in [1.165, 1.54) is 0 Å². The highest BCUT2D eigenvalue weighted by molar-refractivity contribution is 6.32. The number of carbonyl (C=O) groups is 1. The number of hydrogen-bond acceptors (Lipinski definition) is 4. The van der Waals surface area contributed by atoms with Gasteiger partial charge in [0.1, 0.15) is 5.75 Å². The minimum atomic E-state index is 0. The molecule has 1 atom stereocenters. The minimum Gasteiger partial charge on any atom is -0.484 e. The number of amides is 1. The molecule has 0 radical (unpaired) electrons. The van der Waals surface area contributed by atoms with Crippen molar-refractivity contribution >= 4 is 29.9 Å². The molecule has 0 aromatic heterocycles. The zero-order chi connectivity index (χ0) is 17.1. The van der Waals surface area contributed by atoms with Crippen molar-refractivity contribution in [1.82, 2.24) is 15.1 Å². The van der Waals surface area contributed by atoms with Gasteiger partial charge in [-0.2, -0.15) is 0 Å². The molecule has 0 aliphatic carbocycles. The van der Waals surface area contributed by atoms with Gasteiger partial charge in [-0.15, -0.1) is 12.4 Å². The topological polar surface area (TPSA) is 44.8 Å². The first-order valence-electron chi connectivity index (χ1n) is 8.66. The van der Waals surface area contributed by atoms with Crippen LogP contribution in [0.5, 0.6) is 5.75 Å². The van der Waals surface area contributed by atoms with E-state index in [2.05, 4.69) is 10.2 Å². The maximum atomic E-state index is 12.4. The van der Waals surface area contributed by atoms with Crippen LogP contribution in [0.25, 0.3) is 0 Å². The Balaban J connectivity index is 0.00000225. The molecule has 1 aromatic rings. The van der Waals surface area contributed by atoms with E-state index < -0.39 is 0 Å². The number of carbonyl (C=O) groups excluding carboxylic acids is 1. The number of halogens is 2. The fourth-order valence-corrected chi connectivity index (χ4v) is 3.65. The highest BCUT2D eigenvalue weighted by atomic mass is 35.5. The van der Waals surface area contributed by atoms with Gasteiger partial charge in [-0.1, -0.05) is 11.6 Å². The zero-order valence-corrected chi connectivity index (χ0v) is 16.5. The van der Waals surface area contributed by atoms with Crippen molar-refractivity contribution in [2.45, 2.75) is 26.3 Å². The average Bonchev–Trinajstić information content (AvgIpc) is 3.08. The Morgan fingerprint density at radius 1 is 1.24 bits per heavy atom. The van der Waals surface area contributed by atoms with E-state index in [1.54, 1.807) is 0 Å². The number of piperazine rings is 1. The number of likely N-dealkylation sites (tertiary alicyclic amines) is 1. The maximum absolute atomic E-state index is 12.4. The van der Waals surface area contributed by atoms with Crippen LogP contribution in [0.1, 0.15) is 17.5 Å². The average molecular weight is 388 g/mol. The summed E-state index contributed by atoms with van der Waals surface area (Å²) in [4.78, 5) is 16.9. The number of ether oxygens (including phenoxy) is 1. The van der Waals surface area contributed by atoms with Crippen LogP contribution >= 0.6 is 24.0 Å². The minimum absolute atomic E-state index is 0. The van der Waals surface area contributed by atoms with Crippen LogP contribution < -0.4 is 10.1 Å². The van der Waals surface area contributed by atoms with E-state index in [-0.39, 0.29) is 24.9 Å². The van der Waals surface area contributed by atoms with Crippen LogP contribution in [0.4, 0.5) is 0 Å². The lowest BCUT2D eigenvalue weighted by Gasteiger charge is -2.32. The molecule has 1 N–H and O–H groups in total. The highest BCUT2D eigenvalue weighted by Crippen LogP contribution is 2.26. The molecular formula is C18H27Cl2N3O2. The van der Waals surface area contributed by atoms with Crippen molar-refractivity contribution in [3.63, 3.8) is 0 Å². The lowest BCUT2D eigenvalue weighted by Crippen LogP contribution is -2.49. The number of benzene rings is 1. The van der Waals surface area contributed by atoms with Crippen LogP contribution in [-0.2, 0) is 4.79 Å². The Bertz CT molecular complexity index is 583. The molecule has 2 fully saturated rings. The van der Waals surface area contributed by atoms with E-state index >= 15 is 0 Å². The maximum Gasteiger partial charge on any atom is 0.260 e. The molecule has 0 saturated carbocycles. The van der Waals surface area contributed by atoms with Crippen LogP contribution in [0.15, 0.2) is 12.1 Å². The van der Waals surface area contributed by atoms with Crippen molar-refractivity contribution in [1.29, 1.82) is 0 Å². The smallest absolute Gasteiger partial charge is 0.260 e. The number of rotatable bonds is 4. The summed E-state index contributed by atoms with van der Waals surface area (Å²) in [5.41, 5.74) is 1.94. The van der Waals surface area contributed by atoms with Gasteiger partial charge in [0.05, 0.1) is 0 Å². The van der Waals surface area contributed by atoms with Crippen molar-refractivity contribution < 1.29 is 9.53 Å². The third-order valence-electron chi connectivity index (χ3n) is 4.96. The van der Waals surface area contributed by atoms with E-state index in [0.29, 0.717) is 11.8 Å². The van der Waals surface area contributed by atoms with E-state index in [4.69, 9.17) is 16.3 Å². The van der Waals surface area contributed by atoms with Gasteiger partial charge < -0.3 is 15.0 Å². The van der Waals surface area contributed by atoms with Crippen molar-refractivity contribution in [2.75, 3.05) is 45.9 Å². The fraction of sp³-hybridized carbons (Fsp3) is 0.611. The largest absolute Gasteiger partial charge is 0.484 e. The van der Waals surface area contributed by atoms with Crippen LogP contribution in [0.3, 0.4) is 0 Å². The monoisotopic (exact) mass is 387 g/mol. The van der Waals surface area contributed by atoms with Crippen molar-refractivity contribution in [3.8, 4) is 5.75 Å². The Kier molecular flexibility index (Phi) is 7.37. The third kappa shape index (κ3) is 5.00. The summed E-state index contributed by atoms with van der Waals surface area (Å²) in [5, 5.41) is 4.13. The van der Waals surface area contributed by atoms with Gasteiger partial charge >= 0.3 is 0 Å². The van der Waals surface area contributed by atoms with Gasteiger partial charge in [-0.3, -0.25) is 9.69 Å². The summed E-state index contributed by atoms with van der Waals surface area (Å²) in [5.74, 6) is 0.776. The van der Waals surface area contributed by atoms with Gasteiger partial charge in [-0.25, -0.2) is 0 Å². The second kappa shape index (κ2) is 9.08. The Morgan fingerprint density at radius 2 is 1.88 bits per heavy atom. The lowest BCUT2D eigenvalue weighted by atomic mass is 10.1. The third-order valence-corrected chi connectivity index (χ3v) is 5.55. The predicted molar refractivity (Wildman–Crippen MR) is 103 cm³/mol. The molecule has 3 rings (SSSR count). The molecule has 2 saturated heterocycles. The Labute approximate surface area is 161 Å². The van der Waals surface area contributed by atoms with E-state index in [0.717, 1.165) is 61.8 Å². The quantitative estimate of drug-likeness (QED) is 0.860.